The molecule has 0 spiro atoms. The predicted octanol–water partition coefficient (Wildman–Crippen LogP) is 4.63. The molecule has 1 fully saturated rings. The normalized spacial score (nSPS) is 22.3. The average molecular weight is 307 g/mol. The number of hydrogen-bond acceptors (Lipinski definition) is 2. The van der Waals surface area contributed by atoms with Gasteiger partial charge in [-0.1, -0.05) is 49.6 Å². The highest BCUT2D eigenvalue weighted by molar-refractivity contribution is 5.84. The summed E-state index contributed by atoms with van der Waals surface area (Å²) >= 11 is 0. The van der Waals surface area contributed by atoms with Gasteiger partial charge >= 0.3 is 0 Å². The van der Waals surface area contributed by atoms with Gasteiger partial charge < -0.3 is 0 Å². The van der Waals surface area contributed by atoms with E-state index < -0.39 is 0 Å². The molecule has 120 valence electrons. The zero-order chi connectivity index (χ0) is 15.9. The molecule has 2 unspecified atom stereocenters. The minimum Gasteiger partial charge on any atom is -0.299 e. The third-order valence-electron chi connectivity index (χ3n) is 4.97. The van der Waals surface area contributed by atoms with Gasteiger partial charge in [-0.3, -0.25) is 9.78 Å². The van der Waals surface area contributed by atoms with Crippen LogP contribution in [0, 0.1) is 11.8 Å². The Bertz CT molecular complexity index is 555. The number of carbonyl (C=O) groups is 1. The van der Waals surface area contributed by atoms with E-state index in [-0.39, 0.29) is 11.8 Å². The Morgan fingerprint density at radius 3 is 1.96 bits per heavy atom. The van der Waals surface area contributed by atoms with Crippen molar-refractivity contribution < 1.29 is 4.79 Å². The standard InChI is InChI=1S/C21H25NO/c23-21-19(15-17-7-3-1-4-8-17)9-5-2-6-10-20(21)16-18-11-13-22-14-12-18/h1,3-4,7-8,11-14,19-20H,2,5-6,9-10,15-16H2. The van der Waals surface area contributed by atoms with Crippen molar-refractivity contribution in [1.82, 2.24) is 4.98 Å². The Hall–Kier alpha value is -1.96. The van der Waals surface area contributed by atoms with Gasteiger partial charge in [0.1, 0.15) is 5.78 Å². The van der Waals surface area contributed by atoms with E-state index in [1.807, 2.05) is 30.6 Å². The van der Waals surface area contributed by atoms with E-state index in [0.29, 0.717) is 5.78 Å². The van der Waals surface area contributed by atoms with Gasteiger partial charge in [-0.05, 0) is 48.9 Å². The first-order valence-electron chi connectivity index (χ1n) is 8.79. The Morgan fingerprint density at radius 2 is 1.35 bits per heavy atom. The molecule has 2 nitrogen and oxygen atoms in total. The molecule has 0 saturated heterocycles. The first-order valence-corrected chi connectivity index (χ1v) is 8.79. The molecule has 2 heteroatoms. The molecule has 3 rings (SSSR count). The van der Waals surface area contributed by atoms with Crippen molar-refractivity contribution in [3.8, 4) is 0 Å². The molecule has 0 bridgehead atoms. The Balaban J connectivity index is 1.72. The molecule has 1 heterocycles. The number of nitrogens with zero attached hydrogens (tertiary/aromatic N) is 1. The van der Waals surface area contributed by atoms with Crippen molar-refractivity contribution in [2.75, 3.05) is 0 Å². The van der Waals surface area contributed by atoms with Crippen LogP contribution in [0.5, 0.6) is 0 Å². The van der Waals surface area contributed by atoms with Crippen LogP contribution in [0.4, 0.5) is 0 Å². The zero-order valence-electron chi connectivity index (χ0n) is 13.7. The van der Waals surface area contributed by atoms with Crippen molar-refractivity contribution in [2.24, 2.45) is 11.8 Å². The third-order valence-corrected chi connectivity index (χ3v) is 4.97. The number of hydrogen-bond donors (Lipinski definition) is 0. The van der Waals surface area contributed by atoms with Gasteiger partial charge in [0.05, 0.1) is 0 Å². The second kappa shape index (κ2) is 8.05. The topological polar surface area (TPSA) is 30.0 Å². The van der Waals surface area contributed by atoms with E-state index in [4.69, 9.17) is 0 Å². The van der Waals surface area contributed by atoms with Crippen molar-refractivity contribution in [2.45, 2.75) is 44.9 Å². The van der Waals surface area contributed by atoms with Crippen LogP contribution in [0.1, 0.15) is 43.2 Å². The average Bonchev–Trinajstić information content (AvgIpc) is 2.59. The SMILES string of the molecule is O=C1C(Cc2ccccc2)CCCCCC1Cc1ccncc1. The number of carbonyl (C=O) groups excluding carboxylic acids is 1. The van der Waals surface area contributed by atoms with Crippen LogP contribution in [0.15, 0.2) is 54.9 Å². The van der Waals surface area contributed by atoms with Gasteiger partial charge in [-0.25, -0.2) is 0 Å². The van der Waals surface area contributed by atoms with Crippen molar-refractivity contribution >= 4 is 5.78 Å². The van der Waals surface area contributed by atoms with E-state index in [1.165, 1.54) is 30.4 Å². The molecule has 1 aliphatic carbocycles. The van der Waals surface area contributed by atoms with Gasteiger partial charge in [0.15, 0.2) is 0 Å². The molecule has 1 aromatic heterocycles. The summed E-state index contributed by atoms with van der Waals surface area (Å²) in [6.45, 7) is 0. The van der Waals surface area contributed by atoms with Crippen molar-refractivity contribution in [1.29, 1.82) is 0 Å². The lowest BCUT2D eigenvalue weighted by Gasteiger charge is -2.25. The summed E-state index contributed by atoms with van der Waals surface area (Å²) in [5, 5.41) is 0. The quantitative estimate of drug-likeness (QED) is 0.824. The summed E-state index contributed by atoms with van der Waals surface area (Å²) in [7, 11) is 0. The van der Waals surface area contributed by atoms with Gasteiger partial charge in [0.2, 0.25) is 0 Å². The molecule has 2 aromatic rings. The van der Waals surface area contributed by atoms with Gasteiger partial charge in [-0.2, -0.15) is 0 Å². The molecule has 0 N–H and O–H groups in total. The van der Waals surface area contributed by atoms with E-state index in [0.717, 1.165) is 25.7 Å². The molecule has 1 aliphatic rings. The molecule has 23 heavy (non-hydrogen) atoms. The van der Waals surface area contributed by atoms with Crippen molar-refractivity contribution in [3.63, 3.8) is 0 Å². The number of Topliss-reactive ketones (excluding diaryl/α,β-unsaturated/α-hetero) is 1. The minimum absolute atomic E-state index is 0.173. The second-order valence-electron chi connectivity index (χ2n) is 6.68. The van der Waals surface area contributed by atoms with Crippen LogP contribution < -0.4 is 0 Å². The van der Waals surface area contributed by atoms with Crippen molar-refractivity contribution in [3.05, 3.63) is 66.0 Å². The Labute approximate surface area is 139 Å². The Morgan fingerprint density at radius 1 is 0.783 bits per heavy atom. The maximum atomic E-state index is 13.1. The number of rotatable bonds is 4. The maximum Gasteiger partial charge on any atom is 0.139 e. The summed E-state index contributed by atoms with van der Waals surface area (Å²) in [4.78, 5) is 17.2. The van der Waals surface area contributed by atoms with Crippen LogP contribution in [-0.2, 0) is 17.6 Å². The van der Waals surface area contributed by atoms with Crippen LogP contribution in [0.2, 0.25) is 0 Å². The molecule has 0 amide bonds. The molecule has 0 aliphatic heterocycles. The number of ketones is 1. The maximum absolute atomic E-state index is 13.1. The van der Waals surface area contributed by atoms with Gasteiger partial charge in [0.25, 0.3) is 0 Å². The zero-order valence-corrected chi connectivity index (χ0v) is 13.7. The van der Waals surface area contributed by atoms with E-state index in [9.17, 15) is 4.79 Å². The lowest BCUT2D eigenvalue weighted by atomic mass is 9.78. The second-order valence-corrected chi connectivity index (χ2v) is 6.68. The predicted molar refractivity (Wildman–Crippen MR) is 93.2 cm³/mol. The van der Waals surface area contributed by atoms with Gasteiger partial charge in [-0.15, -0.1) is 0 Å². The molecular weight excluding hydrogens is 282 g/mol. The van der Waals surface area contributed by atoms with E-state index in [1.54, 1.807) is 0 Å². The lowest BCUT2D eigenvalue weighted by Crippen LogP contribution is -2.28. The summed E-state index contributed by atoms with van der Waals surface area (Å²) < 4.78 is 0. The molecule has 0 radical (unpaired) electrons. The summed E-state index contributed by atoms with van der Waals surface area (Å²) in [5.41, 5.74) is 2.52. The Kier molecular flexibility index (Phi) is 5.57. The largest absolute Gasteiger partial charge is 0.299 e. The molecule has 1 aromatic carbocycles. The highest BCUT2D eigenvalue weighted by Crippen LogP contribution is 2.28. The highest BCUT2D eigenvalue weighted by Gasteiger charge is 2.28. The summed E-state index contributed by atoms with van der Waals surface area (Å²) in [6, 6.07) is 14.5. The third kappa shape index (κ3) is 4.51. The van der Waals surface area contributed by atoms with E-state index in [2.05, 4.69) is 29.2 Å². The fourth-order valence-corrected chi connectivity index (χ4v) is 3.68. The smallest absolute Gasteiger partial charge is 0.139 e. The first kappa shape index (κ1) is 15.9. The van der Waals surface area contributed by atoms with Crippen LogP contribution in [0.25, 0.3) is 0 Å². The summed E-state index contributed by atoms with van der Waals surface area (Å²) in [6.07, 6.45) is 11.1. The summed E-state index contributed by atoms with van der Waals surface area (Å²) in [5.74, 6) is 0.835. The molecular formula is C21H25NO. The molecule has 1 saturated carbocycles. The number of pyridine rings is 1. The minimum atomic E-state index is 0.173. The van der Waals surface area contributed by atoms with Gasteiger partial charge in [0, 0.05) is 24.2 Å². The lowest BCUT2D eigenvalue weighted by molar-refractivity contribution is -0.127. The number of benzene rings is 1. The fraction of sp³-hybridized carbons (Fsp3) is 0.429. The number of aromatic nitrogens is 1. The monoisotopic (exact) mass is 307 g/mol. The van der Waals surface area contributed by atoms with E-state index >= 15 is 0 Å². The fourth-order valence-electron chi connectivity index (χ4n) is 3.68. The van der Waals surface area contributed by atoms with Crippen LogP contribution in [-0.4, -0.2) is 10.8 Å². The van der Waals surface area contributed by atoms with Crippen LogP contribution >= 0.6 is 0 Å². The van der Waals surface area contributed by atoms with Crippen LogP contribution in [0.3, 0.4) is 0 Å². The highest BCUT2D eigenvalue weighted by atomic mass is 16.1. The first-order chi connectivity index (χ1) is 11.3. The molecule has 2 atom stereocenters.